The van der Waals surface area contributed by atoms with Crippen LogP contribution in [0.1, 0.15) is 11.1 Å². The molecule has 1 heterocycles. The molecule has 7 nitrogen and oxygen atoms in total. The van der Waals surface area contributed by atoms with Crippen LogP contribution in [0.4, 0.5) is 5.69 Å². The summed E-state index contributed by atoms with van der Waals surface area (Å²) >= 11 is 13.5. The van der Waals surface area contributed by atoms with Crippen molar-refractivity contribution in [1.29, 1.82) is 0 Å². The van der Waals surface area contributed by atoms with E-state index >= 15 is 0 Å². The highest BCUT2D eigenvalue weighted by Crippen LogP contribution is 2.33. The van der Waals surface area contributed by atoms with Crippen LogP contribution in [0.25, 0.3) is 6.08 Å². The van der Waals surface area contributed by atoms with Crippen LogP contribution in [-0.2, 0) is 20.9 Å². The third kappa shape index (κ3) is 6.49. The van der Waals surface area contributed by atoms with Crippen LogP contribution < -0.4 is 14.4 Å². The van der Waals surface area contributed by atoms with E-state index in [-0.39, 0.29) is 23.3 Å². The van der Waals surface area contributed by atoms with Crippen molar-refractivity contribution < 1.29 is 23.8 Å². The molecule has 1 aliphatic rings. The van der Waals surface area contributed by atoms with Gasteiger partial charge in [-0.25, -0.2) is 0 Å². The van der Waals surface area contributed by atoms with E-state index in [0.29, 0.717) is 18.0 Å². The van der Waals surface area contributed by atoms with Gasteiger partial charge in [0.1, 0.15) is 30.3 Å². The Hall–Kier alpha value is -2.23. The highest BCUT2D eigenvalue weighted by atomic mass is 127. The molecule has 11 heteroatoms. The number of halogens is 3. The second-order valence-electron chi connectivity index (χ2n) is 8.04. The first-order chi connectivity index (χ1) is 18.2. The summed E-state index contributed by atoms with van der Waals surface area (Å²) < 4.78 is 19.0. The van der Waals surface area contributed by atoms with Crippen LogP contribution in [0.5, 0.6) is 11.5 Å². The number of methoxy groups -OCH3 is 2. The zero-order valence-corrected chi connectivity index (χ0v) is 27.0. The third-order valence-corrected chi connectivity index (χ3v) is 8.14. The van der Waals surface area contributed by atoms with E-state index in [2.05, 4.69) is 61.1 Å². The molecule has 38 heavy (non-hydrogen) atoms. The second kappa shape index (κ2) is 12.7. The van der Waals surface area contributed by atoms with Gasteiger partial charge in [-0.15, -0.1) is 0 Å². The zero-order valence-electron chi connectivity index (χ0n) is 20.2. The predicted molar refractivity (Wildman–Crippen MR) is 170 cm³/mol. The summed E-state index contributed by atoms with van der Waals surface area (Å²) in [5.41, 5.74) is 2.66. The van der Waals surface area contributed by atoms with E-state index in [1.165, 1.54) is 16.9 Å². The monoisotopic (exact) mass is 818 g/mol. The van der Waals surface area contributed by atoms with Gasteiger partial charge in [-0.1, -0.05) is 28.1 Å². The van der Waals surface area contributed by atoms with Crippen LogP contribution in [0, 0.1) is 7.14 Å². The SMILES string of the molecule is COC(=O)CN1C(=S)N(c2ccc(OC)cc2)C(=O)/C1=C/c1cc(I)c(OCc2ccc(Br)cc2)c(I)c1. The van der Waals surface area contributed by atoms with Gasteiger partial charge in [0.15, 0.2) is 5.11 Å². The first-order valence-corrected chi connectivity index (χ1v) is 14.5. The standard InChI is InChI=1S/C27H21BrI2N2O5S/c1-35-20-9-7-19(8-10-20)32-26(34)23(31(27(32)38)14-24(33)36-2)13-17-11-21(29)25(22(30)12-17)37-15-16-3-5-18(28)6-4-16/h3-13H,14-15H2,1-2H3/b23-13-. The topological polar surface area (TPSA) is 68.3 Å². The van der Waals surface area contributed by atoms with E-state index in [0.717, 1.165) is 28.5 Å². The van der Waals surface area contributed by atoms with Gasteiger partial charge in [0, 0.05) is 4.47 Å². The number of thiocarbonyl (C=S) groups is 1. The van der Waals surface area contributed by atoms with E-state index < -0.39 is 5.97 Å². The number of anilines is 1. The lowest BCUT2D eigenvalue weighted by Gasteiger charge is -2.19. The highest BCUT2D eigenvalue weighted by molar-refractivity contribution is 14.1. The van der Waals surface area contributed by atoms with Crippen LogP contribution in [0.2, 0.25) is 0 Å². The normalized spacial score (nSPS) is 14.3. The van der Waals surface area contributed by atoms with Crippen molar-refractivity contribution in [3.63, 3.8) is 0 Å². The maximum Gasteiger partial charge on any atom is 0.325 e. The summed E-state index contributed by atoms with van der Waals surface area (Å²) in [7, 11) is 2.87. The van der Waals surface area contributed by atoms with Crippen molar-refractivity contribution in [3.05, 3.63) is 89.1 Å². The van der Waals surface area contributed by atoms with Gasteiger partial charge in [-0.05, 0) is 123 Å². The molecule has 0 atom stereocenters. The fourth-order valence-electron chi connectivity index (χ4n) is 3.68. The lowest BCUT2D eigenvalue weighted by molar-refractivity contribution is -0.140. The van der Waals surface area contributed by atoms with E-state index in [1.54, 1.807) is 37.5 Å². The molecule has 196 valence electrons. The lowest BCUT2D eigenvalue weighted by atomic mass is 10.1. The summed E-state index contributed by atoms with van der Waals surface area (Å²) in [5.74, 6) is 0.559. The molecule has 1 aliphatic heterocycles. The molecule has 0 N–H and O–H groups in total. The van der Waals surface area contributed by atoms with E-state index in [9.17, 15) is 9.59 Å². The highest BCUT2D eigenvalue weighted by Gasteiger charge is 2.40. The average Bonchev–Trinajstić information content (AvgIpc) is 3.13. The molecule has 0 aromatic heterocycles. The Kier molecular flexibility index (Phi) is 9.65. The first kappa shape index (κ1) is 28.8. The molecule has 0 aliphatic carbocycles. The lowest BCUT2D eigenvalue weighted by Crippen LogP contribution is -2.35. The fourth-order valence-corrected chi connectivity index (χ4v) is 6.42. The fraction of sp³-hybridized carbons (Fsp3) is 0.148. The molecule has 1 saturated heterocycles. The van der Waals surface area contributed by atoms with Gasteiger partial charge in [0.25, 0.3) is 5.91 Å². The predicted octanol–water partition coefficient (Wildman–Crippen LogP) is 6.39. The number of hydrogen-bond acceptors (Lipinski definition) is 6. The molecule has 0 bridgehead atoms. The van der Waals surface area contributed by atoms with Crippen molar-refractivity contribution >= 4 is 102 Å². The smallest absolute Gasteiger partial charge is 0.325 e. The molecule has 0 saturated carbocycles. The molecule has 3 aromatic rings. The Bertz CT molecular complexity index is 1390. The van der Waals surface area contributed by atoms with Gasteiger partial charge in [0.05, 0.1) is 27.0 Å². The average molecular weight is 819 g/mol. The van der Waals surface area contributed by atoms with Gasteiger partial charge in [0.2, 0.25) is 0 Å². The largest absolute Gasteiger partial charge is 0.497 e. The Morgan fingerprint density at radius 2 is 1.66 bits per heavy atom. The molecular formula is C27H21BrI2N2O5S. The summed E-state index contributed by atoms with van der Waals surface area (Å²) in [5, 5.41) is 0.190. The van der Waals surface area contributed by atoms with Crippen molar-refractivity contribution in [3.8, 4) is 11.5 Å². The van der Waals surface area contributed by atoms with Crippen LogP contribution >= 0.6 is 73.3 Å². The van der Waals surface area contributed by atoms with Crippen molar-refractivity contribution in [1.82, 2.24) is 4.90 Å². The van der Waals surface area contributed by atoms with E-state index in [1.807, 2.05) is 36.4 Å². The summed E-state index contributed by atoms with van der Waals surface area (Å²) in [6.07, 6.45) is 1.73. The van der Waals surface area contributed by atoms with E-state index in [4.69, 9.17) is 26.4 Å². The van der Waals surface area contributed by atoms with Crippen LogP contribution in [0.3, 0.4) is 0 Å². The van der Waals surface area contributed by atoms with Gasteiger partial charge in [-0.3, -0.25) is 14.5 Å². The Morgan fingerprint density at radius 1 is 1.03 bits per heavy atom. The molecule has 0 spiro atoms. The van der Waals surface area contributed by atoms with Gasteiger partial charge in [-0.2, -0.15) is 0 Å². The Morgan fingerprint density at radius 3 is 2.24 bits per heavy atom. The van der Waals surface area contributed by atoms with Crippen molar-refractivity contribution in [2.24, 2.45) is 0 Å². The first-order valence-electron chi connectivity index (χ1n) is 11.2. The second-order valence-corrected chi connectivity index (χ2v) is 11.6. The summed E-state index contributed by atoms with van der Waals surface area (Å²) in [4.78, 5) is 28.7. The number of hydrogen-bond donors (Lipinski definition) is 0. The third-order valence-electron chi connectivity index (χ3n) is 5.60. The molecule has 4 rings (SSSR count). The number of esters is 1. The molecular weight excluding hydrogens is 798 g/mol. The Labute approximate surface area is 261 Å². The molecule has 1 fully saturated rings. The minimum Gasteiger partial charge on any atom is -0.497 e. The molecule has 1 amide bonds. The quantitative estimate of drug-likeness (QED) is 0.113. The minimum absolute atomic E-state index is 0.190. The number of carbonyl (C=O) groups is 2. The Balaban J connectivity index is 1.65. The minimum atomic E-state index is -0.511. The summed E-state index contributed by atoms with van der Waals surface area (Å²) in [6.45, 7) is 0.234. The molecule has 3 aromatic carbocycles. The van der Waals surface area contributed by atoms with Gasteiger partial charge >= 0.3 is 5.97 Å². The number of amides is 1. The van der Waals surface area contributed by atoms with Crippen LogP contribution in [0.15, 0.2) is 70.8 Å². The number of carbonyl (C=O) groups excluding carboxylic acids is 2. The summed E-state index contributed by atoms with van der Waals surface area (Å²) in [6, 6.07) is 18.8. The van der Waals surface area contributed by atoms with Gasteiger partial charge < -0.3 is 19.1 Å². The number of ether oxygens (including phenoxy) is 3. The molecule has 0 radical (unpaired) electrons. The number of nitrogens with zero attached hydrogens (tertiary/aromatic N) is 2. The van der Waals surface area contributed by atoms with Crippen molar-refractivity contribution in [2.75, 3.05) is 25.7 Å². The van der Waals surface area contributed by atoms with Crippen molar-refractivity contribution in [2.45, 2.75) is 6.61 Å². The van der Waals surface area contributed by atoms with Crippen LogP contribution in [-0.4, -0.2) is 42.7 Å². The number of rotatable bonds is 8. The maximum atomic E-state index is 13.6. The molecule has 0 unspecified atom stereocenters. The maximum absolute atomic E-state index is 13.6. The zero-order chi connectivity index (χ0) is 27.4. The number of benzene rings is 3.